The molecule has 2 aromatic heterocycles. The largest absolute Gasteiger partial charge is 0.354 e. The van der Waals surface area contributed by atoms with Crippen LogP contribution in [0, 0.1) is 0 Å². The van der Waals surface area contributed by atoms with E-state index >= 15 is 0 Å². The third-order valence-corrected chi connectivity index (χ3v) is 3.34. The van der Waals surface area contributed by atoms with Crippen LogP contribution in [0.3, 0.4) is 0 Å². The monoisotopic (exact) mass is 338 g/mol. The summed E-state index contributed by atoms with van der Waals surface area (Å²) in [4.78, 5) is 21.6. The number of aromatic nitrogens is 6. The molecule has 0 saturated heterocycles. The van der Waals surface area contributed by atoms with Crippen LogP contribution in [0.1, 0.15) is 12.8 Å². The van der Waals surface area contributed by atoms with E-state index in [2.05, 4.69) is 36.0 Å². The number of rotatable bonds is 7. The van der Waals surface area contributed by atoms with E-state index in [0.717, 1.165) is 5.56 Å². The molecule has 0 spiro atoms. The minimum absolute atomic E-state index is 0.0555. The molecule has 0 atom stereocenters. The first-order valence-corrected chi connectivity index (χ1v) is 7.86. The Hall–Kier alpha value is -3.36. The van der Waals surface area contributed by atoms with Crippen LogP contribution in [-0.4, -0.2) is 42.6 Å². The lowest BCUT2D eigenvalue weighted by Crippen LogP contribution is -2.14. The van der Waals surface area contributed by atoms with Crippen LogP contribution in [-0.2, 0) is 11.8 Å². The lowest BCUT2D eigenvalue weighted by molar-refractivity contribution is -0.116. The van der Waals surface area contributed by atoms with Gasteiger partial charge < -0.3 is 10.6 Å². The SMILES string of the molecule is Cn1nnc(-c2cccc(NC(=O)CCCNc3ncccn3)c2)n1. The van der Waals surface area contributed by atoms with Gasteiger partial charge in [0.1, 0.15) is 0 Å². The number of anilines is 2. The number of hydrogen-bond donors (Lipinski definition) is 2. The molecule has 25 heavy (non-hydrogen) atoms. The van der Waals surface area contributed by atoms with E-state index < -0.39 is 0 Å². The third kappa shape index (κ3) is 4.80. The predicted octanol–water partition coefficient (Wildman–Crippen LogP) is 1.50. The van der Waals surface area contributed by atoms with Gasteiger partial charge in [0.15, 0.2) is 0 Å². The molecule has 3 rings (SSSR count). The quantitative estimate of drug-likeness (QED) is 0.628. The number of hydrogen-bond acceptors (Lipinski definition) is 7. The van der Waals surface area contributed by atoms with Crippen molar-refractivity contribution in [3.05, 3.63) is 42.7 Å². The number of amides is 1. The molecule has 0 radical (unpaired) electrons. The molecule has 9 heteroatoms. The number of tetrazole rings is 1. The average Bonchev–Trinajstić information content (AvgIpc) is 3.06. The highest BCUT2D eigenvalue weighted by Gasteiger charge is 2.07. The first kappa shape index (κ1) is 16.5. The summed E-state index contributed by atoms with van der Waals surface area (Å²) in [6.07, 6.45) is 4.41. The molecule has 2 N–H and O–H groups in total. The van der Waals surface area contributed by atoms with Crippen molar-refractivity contribution in [2.75, 3.05) is 17.2 Å². The van der Waals surface area contributed by atoms with Crippen molar-refractivity contribution < 1.29 is 4.79 Å². The van der Waals surface area contributed by atoms with Crippen molar-refractivity contribution in [3.8, 4) is 11.4 Å². The van der Waals surface area contributed by atoms with E-state index in [0.29, 0.717) is 36.8 Å². The van der Waals surface area contributed by atoms with E-state index in [1.54, 1.807) is 25.5 Å². The van der Waals surface area contributed by atoms with Gasteiger partial charge in [-0.05, 0) is 29.8 Å². The number of nitrogens with zero attached hydrogens (tertiary/aromatic N) is 6. The maximum absolute atomic E-state index is 12.1. The summed E-state index contributed by atoms with van der Waals surface area (Å²) in [6, 6.07) is 9.12. The van der Waals surface area contributed by atoms with Crippen LogP contribution in [0.25, 0.3) is 11.4 Å². The maximum atomic E-state index is 12.1. The molecule has 0 unspecified atom stereocenters. The zero-order valence-electron chi connectivity index (χ0n) is 13.8. The van der Waals surface area contributed by atoms with Crippen molar-refractivity contribution in [1.82, 2.24) is 30.2 Å². The van der Waals surface area contributed by atoms with Gasteiger partial charge in [0.25, 0.3) is 0 Å². The summed E-state index contributed by atoms with van der Waals surface area (Å²) in [5, 5.41) is 17.9. The Kier molecular flexibility index (Phi) is 5.25. The van der Waals surface area contributed by atoms with Crippen molar-refractivity contribution in [2.24, 2.45) is 7.05 Å². The lowest BCUT2D eigenvalue weighted by Gasteiger charge is -2.07. The Morgan fingerprint density at radius 2 is 2.04 bits per heavy atom. The summed E-state index contributed by atoms with van der Waals surface area (Å²) in [7, 11) is 1.71. The van der Waals surface area contributed by atoms with Crippen LogP contribution in [0.5, 0.6) is 0 Å². The van der Waals surface area contributed by atoms with Crippen molar-refractivity contribution >= 4 is 17.5 Å². The molecule has 3 aromatic rings. The highest BCUT2D eigenvalue weighted by atomic mass is 16.1. The molecule has 0 aliphatic rings. The van der Waals surface area contributed by atoms with Gasteiger partial charge in [0.05, 0.1) is 7.05 Å². The fourth-order valence-electron chi connectivity index (χ4n) is 2.20. The standard InChI is InChI=1S/C16H18N8O/c1-24-22-15(21-23-24)12-5-2-6-13(11-12)20-14(25)7-3-8-17-16-18-9-4-10-19-16/h2,4-6,9-11H,3,7-8H2,1H3,(H,20,25)(H,17,18,19). The van der Waals surface area contributed by atoms with E-state index in [1.165, 1.54) is 4.80 Å². The minimum Gasteiger partial charge on any atom is -0.354 e. The second-order valence-electron chi connectivity index (χ2n) is 5.33. The highest BCUT2D eigenvalue weighted by Crippen LogP contribution is 2.18. The average molecular weight is 338 g/mol. The summed E-state index contributed by atoms with van der Waals surface area (Å²) >= 11 is 0. The number of aryl methyl sites for hydroxylation is 1. The Bertz CT molecular complexity index is 833. The molecule has 1 aromatic carbocycles. The Labute approximate surface area is 144 Å². The molecule has 0 aliphatic heterocycles. The molecule has 9 nitrogen and oxygen atoms in total. The minimum atomic E-state index is -0.0555. The molecule has 1 amide bonds. The predicted molar refractivity (Wildman–Crippen MR) is 92.6 cm³/mol. The summed E-state index contributed by atoms with van der Waals surface area (Å²) in [5.41, 5.74) is 1.50. The van der Waals surface area contributed by atoms with Crippen molar-refractivity contribution in [3.63, 3.8) is 0 Å². The molecular weight excluding hydrogens is 320 g/mol. The zero-order chi connectivity index (χ0) is 17.5. The van der Waals surface area contributed by atoms with E-state index in [1.807, 2.05) is 24.3 Å². The fraction of sp³-hybridized carbons (Fsp3) is 0.250. The number of carbonyl (C=O) groups excluding carboxylic acids is 1. The first-order valence-electron chi connectivity index (χ1n) is 7.86. The zero-order valence-corrected chi connectivity index (χ0v) is 13.8. The van der Waals surface area contributed by atoms with Gasteiger partial charge in [-0.2, -0.15) is 4.80 Å². The van der Waals surface area contributed by atoms with Crippen molar-refractivity contribution in [1.29, 1.82) is 0 Å². The summed E-state index contributed by atoms with van der Waals surface area (Å²) in [6.45, 7) is 0.626. The van der Waals surface area contributed by atoms with E-state index in [4.69, 9.17) is 0 Å². The van der Waals surface area contributed by atoms with Gasteiger partial charge >= 0.3 is 0 Å². The Morgan fingerprint density at radius 3 is 2.80 bits per heavy atom. The molecule has 128 valence electrons. The highest BCUT2D eigenvalue weighted by molar-refractivity contribution is 5.91. The van der Waals surface area contributed by atoms with Gasteiger partial charge in [-0.15, -0.1) is 10.2 Å². The topological polar surface area (TPSA) is 111 Å². The van der Waals surface area contributed by atoms with Crippen LogP contribution in [0.15, 0.2) is 42.7 Å². The van der Waals surface area contributed by atoms with E-state index in [-0.39, 0.29) is 5.91 Å². The Balaban J connectivity index is 1.48. The normalized spacial score (nSPS) is 10.4. The lowest BCUT2D eigenvalue weighted by atomic mass is 10.2. The van der Waals surface area contributed by atoms with Gasteiger partial charge in [-0.1, -0.05) is 12.1 Å². The summed E-state index contributed by atoms with van der Waals surface area (Å²) in [5.74, 6) is 1.03. The van der Waals surface area contributed by atoms with Crippen LogP contribution in [0.2, 0.25) is 0 Å². The fourth-order valence-corrected chi connectivity index (χ4v) is 2.20. The number of benzene rings is 1. The van der Waals surface area contributed by atoms with Crippen LogP contribution >= 0.6 is 0 Å². The van der Waals surface area contributed by atoms with E-state index in [9.17, 15) is 4.79 Å². The second kappa shape index (κ2) is 7.95. The van der Waals surface area contributed by atoms with Gasteiger partial charge in [0.2, 0.25) is 17.7 Å². The maximum Gasteiger partial charge on any atom is 0.224 e. The summed E-state index contributed by atoms with van der Waals surface area (Å²) < 4.78 is 0. The number of nitrogens with one attached hydrogen (secondary N) is 2. The molecule has 0 aliphatic carbocycles. The van der Waals surface area contributed by atoms with Crippen LogP contribution < -0.4 is 10.6 Å². The van der Waals surface area contributed by atoms with Gasteiger partial charge in [-0.3, -0.25) is 4.79 Å². The molecule has 2 heterocycles. The Morgan fingerprint density at radius 1 is 1.20 bits per heavy atom. The molecule has 0 bridgehead atoms. The van der Waals surface area contributed by atoms with Gasteiger partial charge in [-0.25, -0.2) is 9.97 Å². The number of carbonyl (C=O) groups is 1. The smallest absolute Gasteiger partial charge is 0.224 e. The molecule has 0 fully saturated rings. The second-order valence-corrected chi connectivity index (χ2v) is 5.33. The van der Waals surface area contributed by atoms with Crippen molar-refractivity contribution in [2.45, 2.75) is 12.8 Å². The van der Waals surface area contributed by atoms with Crippen LogP contribution in [0.4, 0.5) is 11.6 Å². The molecule has 0 saturated carbocycles. The van der Waals surface area contributed by atoms with Gasteiger partial charge in [0, 0.05) is 36.6 Å². The molecular formula is C16H18N8O. The third-order valence-electron chi connectivity index (χ3n) is 3.34. The first-order chi connectivity index (χ1) is 12.2.